The van der Waals surface area contributed by atoms with Gasteiger partial charge in [-0.15, -0.1) is 0 Å². The number of benzene rings is 1. The van der Waals surface area contributed by atoms with Crippen LogP contribution in [0.25, 0.3) is 0 Å². The molecule has 0 unspecified atom stereocenters. The summed E-state index contributed by atoms with van der Waals surface area (Å²) in [6.45, 7) is 5.39. The van der Waals surface area contributed by atoms with Crippen molar-refractivity contribution >= 4 is 17.4 Å². The zero-order valence-corrected chi connectivity index (χ0v) is 16.7. The number of fused-ring (bicyclic) bond motifs is 1. The van der Waals surface area contributed by atoms with Gasteiger partial charge in [-0.1, -0.05) is 30.3 Å². The Kier molecular flexibility index (Phi) is 6.06. The Morgan fingerprint density at radius 3 is 2.79 bits per heavy atom. The van der Waals surface area contributed by atoms with Crippen LogP contribution < -0.4 is 10.2 Å². The zero-order chi connectivity index (χ0) is 19.3. The van der Waals surface area contributed by atoms with Crippen molar-refractivity contribution in [2.24, 2.45) is 0 Å². The third-order valence-corrected chi connectivity index (χ3v) is 5.70. The maximum absolute atomic E-state index is 9.04. The molecule has 146 valence electrons. The molecule has 1 atom stereocenters. The minimum atomic E-state index is 0.170. The van der Waals surface area contributed by atoms with Crippen LogP contribution in [-0.4, -0.2) is 53.6 Å². The number of nitrogens with zero attached hydrogens (tertiary/aromatic N) is 5. The van der Waals surface area contributed by atoms with Crippen LogP contribution in [0, 0.1) is 11.3 Å². The summed E-state index contributed by atoms with van der Waals surface area (Å²) in [5, 5.41) is 12.8. The first kappa shape index (κ1) is 19.1. The summed E-state index contributed by atoms with van der Waals surface area (Å²) in [5.74, 6) is 0.959. The van der Waals surface area contributed by atoms with Gasteiger partial charge in [-0.2, -0.15) is 5.26 Å². The van der Waals surface area contributed by atoms with Gasteiger partial charge in [-0.05, 0) is 23.6 Å². The molecule has 1 saturated heterocycles. The molecule has 1 aromatic carbocycles. The van der Waals surface area contributed by atoms with E-state index in [1.807, 2.05) is 0 Å². The number of nitriles is 1. The molecule has 1 N–H and O–H groups in total. The number of hydrogen-bond acceptors (Lipinski definition) is 6. The summed E-state index contributed by atoms with van der Waals surface area (Å²) in [4.78, 5) is 13.9. The van der Waals surface area contributed by atoms with E-state index >= 15 is 0 Å². The van der Waals surface area contributed by atoms with Crippen LogP contribution in [0.3, 0.4) is 0 Å². The highest BCUT2D eigenvalue weighted by atomic mass is 35.5. The second-order valence-electron chi connectivity index (χ2n) is 7.46. The lowest BCUT2D eigenvalue weighted by Gasteiger charge is -2.35. The Bertz CT molecular complexity index is 850. The number of piperazine rings is 1. The monoisotopic (exact) mass is 396 g/mol. The van der Waals surface area contributed by atoms with Crippen molar-refractivity contribution in [2.75, 3.05) is 37.6 Å². The number of halogens is 1. The number of nitrogens with one attached hydrogen (secondary N) is 1. The van der Waals surface area contributed by atoms with E-state index in [9.17, 15) is 0 Å². The molecule has 0 bridgehead atoms. The summed E-state index contributed by atoms with van der Waals surface area (Å²) >= 11 is 6.29. The maximum atomic E-state index is 9.04. The van der Waals surface area contributed by atoms with Crippen molar-refractivity contribution < 1.29 is 0 Å². The van der Waals surface area contributed by atoms with E-state index in [2.05, 4.69) is 61.5 Å². The van der Waals surface area contributed by atoms with Crippen molar-refractivity contribution in [1.82, 2.24) is 20.2 Å². The largest absolute Gasteiger partial charge is 0.353 e. The molecule has 0 saturated carbocycles. The van der Waals surface area contributed by atoms with E-state index in [1.165, 1.54) is 11.1 Å². The molecule has 0 spiro atoms. The summed E-state index contributed by atoms with van der Waals surface area (Å²) in [5.41, 5.74) is 3.62. The van der Waals surface area contributed by atoms with Gasteiger partial charge in [0.2, 0.25) is 5.28 Å². The molecule has 2 aromatic rings. The molecule has 2 aliphatic rings. The van der Waals surface area contributed by atoms with Crippen LogP contribution in [-0.2, 0) is 19.4 Å². The fraction of sp³-hybridized carbons (Fsp3) is 0.476. The molecule has 2 aliphatic heterocycles. The van der Waals surface area contributed by atoms with Crippen LogP contribution in [0.4, 0.5) is 5.82 Å². The minimum Gasteiger partial charge on any atom is -0.353 e. The first-order chi connectivity index (χ1) is 13.7. The van der Waals surface area contributed by atoms with Gasteiger partial charge in [0.05, 0.1) is 18.2 Å². The summed E-state index contributed by atoms with van der Waals surface area (Å²) in [6.07, 6.45) is 2.30. The number of aromatic nitrogens is 2. The number of rotatable bonds is 4. The van der Waals surface area contributed by atoms with Gasteiger partial charge in [0.25, 0.3) is 0 Å². The van der Waals surface area contributed by atoms with Crippen LogP contribution in [0.1, 0.15) is 23.2 Å². The van der Waals surface area contributed by atoms with E-state index in [-0.39, 0.29) is 6.04 Å². The van der Waals surface area contributed by atoms with E-state index in [0.717, 1.165) is 63.6 Å². The van der Waals surface area contributed by atoms with Crippen LogP contribution >= 0.6 is 11.6 Å². The highest BCUT2D eigenvalue weighted by molar-refractivity contribution is 6.28. The minimum absolute atomic E-state index is 0.170. The molecule has 0 radical (unpaired) electrons. The summed E-state index contributed by atoms with van der Waals surface area (Å²) in [6, 6.07) is 13.0. The molecule has 1 fully saturated rings. The summed E-state index contributed by atoms with van der Waals surface area (Å²) in [7, 11) is 0. The number of anilines is 1. The van der Waals surface area contributed by atoms with E-state index < -0.39 is 0 Å². The Labute approximate surface area is 171 Å². The molecule has 1 aromatic heterocycles. The Morgan fingerprint density at radius 2 is 1.96 bits per heavy atom. The second-order valence-corrected chi connectivity index (χ2v) is 7.80. The van der Waals surface area contributed by atoms with Gasteiger partial charge < -0.3 is 10.2 Å². The van der Waals surface area contributed by atoms with E-state index in [0.29, 0.717) is 11.7 Å². The molecule has 6 nitrogen and oxygen atoms in total. The van der Waals surface area contributed by atoms with Crippen LogP contribution in [0.5, 0.6) is 0 Å². The first-order valence-electron chi connectivity index (χ1n) is 9.90. The van der Waals surface area contributed by atoms with Gasteiger partial charge in [0.15, 0.2) is 0 Å². The number of hydrogen-bond donors (Lipinski definition) is 1. The standard InChI is InChI=1S/C21H25ClN6/c22-21-25-19-8-12-27(14-16-4-2-1-3-5-16)11-7-18(19)20(26-21)28-13-10-24-17(15-28)6-9-23/h1-5,17,24H,6-8,10-15H2/t17-/m0/s1. The van der Waals surface area contributed by atoms with Gasteiger partial charge in [0.1, 0.15) is 5.82 Å². The molecule has 4 rings (SSSR count). The quantitative estimate of drug-likeness (QED) is 0.800. The fourth-order valence-electron chi connectivity index (χ4n) is 4.12. The summed E-state index contributed by atoms with van der Waals surface area (Å²) < 4.78 is 0. The third-order valence-electron chi connectivity index (χ3n) is 5.53. The van der Waals surface area contributed by atoms with Crippen molar-refractivity contribution in [3.63, 3.8) is 0 Å². The smallest absolute Gasteiger partial charge is 0.224 e. The molecule has 0 amide bonds. The molecule has 28 heavy (non-hydrogen) atoms. The lowest BCUT2D eigenvalue weighted by atomic mass is 10.1. The normalized spacial score (nSPS) is 20.3. The van der Waals surface area contributed by atoms with Crippen molar-refractivity contribution in [1.29, 1.82) is 5.26 Å². The maximum Gasteiger partial charge on any atom is 0.224 e. The van der Waals surface area contributed by atoms with E-state index in [1.54, 1.807) is 0 Å². The SMILES string of the molecule is N#CC[C@H]1CN(c2nc(Cl)nc3c2CCN(Cc2ccccc2)CC3)CCN1. The Morgan fingerprint density at radius 1 is 1.14 bits per heavy atom. The van der Waals surface area contributed by atoms with Crippen LogP contribution in [0.15, 0.2) is 30.3 Å². The lowest BCUT2D eigenvalue weighted by Crippen LogP contribution is -2.51. The zero-order valence-electron chi connectivity index (χ0n) is 15.9. The average Bonchev–Trinajstić information content (AvgIpc) is 2.91. The van der Waals surface area contributed by atoms with Crippen LogP contribution in [0.2, 0.25) is 5.28 Å². The van der Waals surface area contributed by atoms with Crippen molar-refractivity contribution in [3.8, 4) is 6.07 Å². The van der Waals surface area contributed by atoms with Gasteiger partial charge >= 0.3 is 0 Å². The highest BCUT2D eigenvalue weighted by Crippen LogP contribution is 2.27. The third kappa shape index (κ3) is 4.44. The van der Waals surface area contributed by atoms with Gasteiger partial charge in [-0.3, -0.25) is 4.90 Å². The van der Waals surface area contributed by atoms with Crippen molar-refractivity contribution in [3.05, 3.63) is 52.4 Å². The van der Waals surface area contributed by atoms with Gasteiger partial charge in [-0.25, -0.2) is 9.97 Å². The Balaban J connectivity index is 1.53. The molecule has 0 aliphatic carbocycles. The molecule has 3 heterocycles. The van der Waals surface area contributed by atoms with E-state index in [4.69, 9.17) is 16.9 Å². The van der Waals surface area contributed by atoms with Gasteiger partial charge in [0, 0.05) is 57.3 Å². The first-order valence-corrected chi connectivity index (χ1v) is 10.3. The fourth-order valence-corrected chi connectivity index (χ4v) is 4.30. The van der Waals surface area contributed by atoms with Crippen molar-refractivity contribution in [2.45, 2.75) is 31.8 Å². The second kappa shape index (κ2) is 8.87. The molecule has 7 heteroatoms. The predicted molar refractivity (Wildman–Crippen MR) is 110 cm³/mol. The topological polar surface area (TPSA) is 68.1 Å². The molecular formula is C21H25ClN6. The highest BCUT2D eigenvalue weighted by Gasteiger charge is 2.26. The average molecular weight is 397 g/mol. The molecular weight excluding hydrogens is 372 g/mol. The predicted octanol–water partition coefficient (Wildman–Crippen LogP) is 2.42. The lowest BCUT2D eigenvalue weighted by molar-refractivity contribution is 0.279. The Hall–Kier alpha value is -2.20.